The third kappa shape index (κ3) is 8.52. The number of para-hydroxylation sites is 4. The van der Waals surface area contributed by atoms with E-state index in [1.54, 1.807) is 22.7 Å². The standard InChI is InChI=1S/C60H44N6S2.4ClH/c1-63-33-41(29-37-13-5-9-17-49(37)63)57-45-21-22-46(61-45)58(42-30-38-14-6-10-18-50(38)64(2)34-42)55-27-28-56(68-55)60(44-32-40-16-8-12-20-52(40)66(4)36-44)48-24-23-47(62-48)59(54-26-25-53(57)67-54)43-31-39-15-7-11-19-51(39)65(3)35-43;;;;/h5-36H,1-4H3;4*1H/q+4;;;;/p-4. The Bertz CT molecular complexity index is 3710. The first kappa shape index (κ1) is 50.1. The fourth-order valence-corrected chi connectivity index (χ4v) is 12.7. The van der Waals surface area contributed by atoms with Gasteiger partial charge in [-0.3, -0.25) is 0 Å². The molecule has 0 aliphatic carbocycles. The molecule has 0 atom stereocenters. The Morgan fingerprint density at radius 2 is 0.528 bits per heavy atom. The Labute approximate surface area is 449 Å². The highest BCUT2D eigenvalue weighted by molar-refractivity contribution is 7.24. The number of thiophene rings is 2. The quantitative estimate of drug-likeness (QED) is 0.245. The highest BCUT2D eigenvalue weighted by atomic mass is 35.5. The van der Waals surface area contributed by atoms with Gasteiger partial charge in [-0.05, 0) is 97.1 Å². The van der Waals surface area contributed by atoms with Gasteiger partial charge in [0.25, 0.3) is 0 Å². The number of benzene rings is 4. The van der Waals surface area contributed by atoms with E-state index in [1.807, 2.05) is 0 Å². The number of aromatic nitrogens is 6. The van der Waals surface area contributed by atoms with E-state index >= 15 is 0 Å². The number of fused-ring (bicyclic) bond motifs is 12. The lowest BCUT2D eigenvalue weighted by atomic mass is 10.0. The van der Waals surface area contributed by atoms with Crippen LogP contribution >= 0.6 is 22.7 Å². The highest BCUT2D eigenvalue weighted by Crippen LogP contribution is 2.43. The molecule has 0 radical (unpaired) electrons. The van der Waals surface area contributed by atoms with E-state index in [-0.39, 0.29) is 49.6 Å². The van der Waals surface area contributed by atoms with Gasteiger partial charge in [-0.2, -0.15) is 0 Å². The normalized spacial score (nSPS) is 11.6. The summed E-state index contributed by atoms with van der Waals surface area (Å²) >= 11 is 3.60. The predicted octanol–water partition coefficient (Wildman–Crippen LogP) is 0.717. The molecule has 0 N–H and O–H groups in total. The zero-order valence-corrected chi connectivity index (χ0v) is 44.1. The van der Waals surface area contributed by atoms with Crippen molar-refractivity contribution in [3.63, 3.8) is 0 Å². The van der Waals surface area contributed by atoms with Crippen molar-refractivity contribution in [1.82, 2.24) is 9.97 Å². The molecule has 0 saturated carbocycles. The van der Waals surface area contributed by atoms with Gasteiger partial charge in [0.15, 0.2) is 24.8 Å². The number of hydrogen-bond acceptors (Lipinski definition) is 4. The molecule has 0 unspecified atom stereocenters. The molecule has 4 aromatic carbocycles. The summed E-state index contributed by atoms with van der Waals surface area (Å²) in [5.41, 5.74) is 17.2. The van der Waals surface area contributed by atoms with Crippen LogP contribution in [0.2, 0.25) is 0 Å². The van der Waals surface area contributed by atoms with Crippen LogP contribution in [-0.4, -0.2) is 9.97 Å². The minimum atomic E-state index is 0. The van der Waals surface area contributed by atoms with Gasteiger partial charge >= 0.3 is 0 Å². The van der Waals surface area contributed by atoms with Crippen LogP contribution in [0.5, 0.6) is 0 Å². The van der Waals surface area contributed by atoms with Gasteiger partial charge in [-0.15, -0.1) is 22.7 Å². The van der Waals surface area contributed by atoms with E-state index in [1.165, 1.54) is 43.6 Å². The van der Waals surface area contributed by atoms with Crippen molar-refractivity contribution in [1.29, 1.82) is 0 Å². The van der Waals surface area contributed by atoms with Crippen LogP contribution in [0.4, 0.5) is 0 Å². The first-order valence-electron chi connectivity index (χ1n) is 22.8. The minimum Gasteiger partial charge on any atom is -1.00 e. The van der Waals surface area contributed by atoms with Crippen LogP contribution in [0, 0.1) is 0 Å². The Hall–Kier alpha value is -6.88. The van der Waals surface area contributed by atoms with Crippen LogP contribution in [0.15, 0.2) is 170 Å². The number of nitrogens with zero attached hydrogens (tertiary/aromatic N) is 6. The molecule has 8 bridgehead atoms. The Morgan fingerprint density at radius 1 is 0.306 bits per heavy atom. The molecule has 0 amide bonds. The highest BCUT2D eigenvalue weighted by Gasteiger charge is 2.24. The lowest BCUT2D eigenvalue weighted by molar-refractivity contribution is -0.644. The molecule has 11 aromatic rings. The van der Waals surface area contributed by atoms with E-state index in [4.69, 9.17) is 9.97 Å². The average molecular weight is 1060 g/mol. The zero-order valence-electron chi connectivity index (χ0n) is 39.5. The van der Waals surface area contributed by atoms with Crippen molar-refractivity contribution >= 4 is 109 Å². The lowest BCUT2D eigenvalue weighted by Crippen LogP contribution is -3.00. The molecular weight excluding hydrogens is 1010 g/mol. The monoisotopic (exact) mass is 1050 g/mol. The van der Waals surface area contributed by atoms with Gasteiger partial charge in [0.2, 0.25) is 22.1 Å². The number of aryl methyl sites for hydroxylation is 4. The van der Waals surface area contributed by atoms with Crippen molar-refractivity contribution in [2.24, 2.45) is 28.2 Å². The summed E-state index contributed by atoms with van der Waals surface area (Å²) in [5, 5.41) is 4.70. The Morgan fingerprint density at radius 3 is 0.764 bits per heavy atom. The number of pyridine rings is 4. The number of rotatable bonds is 4. The molecule has 354 valence electrons. The molecule has 7 aromatic heterocycles. The van der Waals surface area contributed by atoms with Crippen molar-refractivity contribution in [2.75, 3.05) is 0 Å². The molecule has 0 saturated heterocycles. The van der Waals surface area contributed by atoms with E-state index in [0.717, 1.165) is 86.1 Å². The fourth-order valence-electron chi connectivity index (χ4n) is 10.4. The summed E-state index contributed by atoms with van der Waals surface area (Å²) in [6, 6.07) is 52.8. The van der Waals surface area contributed by atoms with Gasteiger partial charge in [-0.1, -0.05) is 48.5 Å². The second kappa shape index (κ2) is 20.0. The third-order valence-electron chi connectivity index (χ3n) is 13.5. The summed E-state index contributed by atoms with van der Waals surface area (Å²) in [7, 11) is 8.55. The van der Waals surface area contributed by atoms with Gasteiger partial charge in [-0.25, -0.2) is 28.2 Å². The van der Waals surface area contributed by atoms with Gasteiger partial charge in [0.1, 0.15) is 28.2 Å². The van der Waals surface area contributed by atoms with Crippen LogP contribution in [0.1, 0.15) is 22.8 Å². The second-order valence-corrected chi connectivity index (χ2v) is 20.0. The summed E-state index contributed by atoms with van der Waals surface area (Å²) in [6.45, 7) is 0. The lowest BCUT2D eigenvalue weighted by Gasteiger charge is -2.07. The molecule has 6 nitrogen and oxygen atoms in total. The SMILES string of the molecule is C[n+]1cc(-c2c3nc(c(-c4cc5ccccc5[n+](C)c4)c4ccc(s4)c(-c4cc5ccccc5[n+](C)c4)c4nc(c(-c5cc6ccccc6[n+](C)c5)c5ccc2s5)C=C4)C=C3)cc2ccccc21.[Cl-].[Cl-].[Cl-].[Cl-]. The van der Waals surface area contributed by atoms with Crippen LogP contribution < -0.4 is 67.9 Å². The maximum Gasteiger partial charge on any atom is 0.212 e. The number of hydrogen-bond donors (Lipinski definition) is 0. The largest absolute Gasteiger partial charge is 1.00 e. The van der Waals surface area contributed by atoms with Crippen molar-refractivity contribution in [3.8, 4) is 44.5 Å². The predicted molar refractivity (Wildman–Crippen MR) is 282 cm³/mol. The maximum atomic E-state index is 5.69. The maximum absolute atomic E-state index is 5.69. The van der Waals surface area contributed by atoms with Gasteiger partial charge in [0.05, 0.1) is 22.8 Å². The molecule has 12 heteroatoms. The first-order chi connectivity index (χ1) is 33.3. The molecule has 2 aliphatic heterocycles. The minimum absolute atomic E-state index is 0. The fraction of sp³-hybridized carbons (Fsp3) is 0.0667. The smallest absolute Gasteiger partial charge is 0.212 e. The topological polar surface area (TPSA) is 41.3 Å². The van der Waals surface area contributed by atoms with E-state index in [0.29, 0.717) is 0 Å². The average Bonchev–Trinajstić information content (AvgIpc) is 4.21. The van der Waals surface area contributed by atoms with Gasteiger partial charge in [0, 0.05) is 109 Å². The van der Waals surface area contributed by atoms with Crippen LogP contribution in [0.3, 0.4) is 0 Å². The third-order valence-corrected chi connectivity index (χ3v) is 15.7. The van der Waals surface area contributed by atoms with Crippen LogP contribution in [-0.2, 0) is 28.2 Å². The second-order valence-electron chi connectivity index (χ2n) is 17.9. The van der Waals surface area contributed by atoms with Crippen LogP contribution in [0.25, 0.3) is 131 Å². The van der Waals surface area contributed by atoms with E-state index in [2.05, 4.69) is 241 Å². The molecule has 72 heavy (non-hydrogen) atoms. The summed E-state index contributed by atoms with van der Waals surface area (Å²) < 4.78 is 13.5. The molecule has 2 aliphatic rings. The molecular formula is C60H44Cl4N6S2. The molecule has 13 rings (SSSR count). The van der Waals surface area contributed by atoms with E-state index < -0.39 is 0 Å². The summed E-state index contributed by atoms with van der Waals surface area (Å²) in [6.07, 6.45) is 17.9. The number of halogens is 4. The zero-order chi connectivity index (χ0) is 45.6. The Kier molecular flexibility index (Phi) is 13.9. The van der Waals surface area contributed by atoms with Crippen molar-refractivity contribution in [2.45, 2.75) is 0 Å². The summed E-state index contributed by atoms with van der Waals surface area (Å²) in [5.74, 6) is 0. The molecule has 0 fully saturated rings. The Balaban J connectivity index is 0.00000160. The van der Waals surface area contributed by atoms with E-state index in [9.17, 15) is 0 Å². The molecule has 0 spiro atoms. The van der Waals surface area contributed by atoms with Crippen molar-refractivity contribution < 1.29 is 67.9 Å². The first-order valence-corrected chi connectivity index (χ1v) is 24.5. The molecule has 9 heterocycles. The van der Waals surface area contributed by atoms with Crippen molar-refractivity contribution in [3.05, 3.63) is 193 Å². The van der Waals surface area contributed by atoms with Gasteiger partial charge < -0.3 is 49.6 Å². The summed E-state index contributed by atoms with van der Waals surface area (Å²) in [4.78, 5) is 11.4.